The van der Waals surface area contributed by atoms with Crippen molar-refractivity contribution in [2.45, 2.75) is 6.42 Å². The highest BCUT2D eigenvalue weighted by molar-refractivity contribution is 5.83. The van der Waals surface area contributed by atoms with E-state index >= 15 is 0 Å². The summed E-state index contributed by atoms with van der Waals surface area (Å²) in [4.78, 5) is 25.9. The summed E-state index contributed by atoms with van der Waals surface area (Å²) in [7, 11) is 3.61. The van der Waals surface area contributed by atoms with Crippen LogP contribution in [-0.4, -0.2) is 60.5 Å². The molecule has 0 fully saturated rings. The van der Waals surface area contributed by atoms with Crippen molar-refractivity contribution < 1.29 is 23.5 Å². The van der Waals surface area contributed by atoms with Gasteiger partial charge in [-0.15, -0.1) is 0 Å². The summed E-state index contributed by atoms with van der Waals surface area (Å²) in [5, 5.41) is 8.83. The Morgan fingerprint density at radius 1 is 1.14 bits per heavy atom. The molecule has 0 saturated carbocycles. The third-order valence-electron chi connectivity index (χ3n) is 2.84. The zero-order valence-corrected chi connectivity index (χ0v) is 12.0. The Balaban J connectivity index is 2.74. The van der Waals surface area contributed by atoms with Crippen molar-refractivity contribution in [2.75, 3.05) is 33.7 Å². The second-order valence-corrected chi connectivity index (χ2v) is 4.94. The van der Waals surface area contributed by atoms with E-state index in [0.717, 1.165) is 12.1 Å². The molecule has 0 heterocycles. The average Bonchev–Trinajstić information content (AvgIpc) is 2.38. The molecule has 0 aromatic heterocycles. The Morgan fingerprint density at radius 2 is 1.81 bits per heavy atom. The molecule has 116 valence electrons. The van der Waals surface area contributed by atoms with Crippen molar-refractivity contribution in [1.29, 1.82) is 0 Å². The van der Waals surface area contributed by atoms with Crippen LogP contribution in [0, 0.1) is 11.6 Å². The third-order valence-corrected chi connectivity index (χ3v) is 2.84. The van der Waals surface area contributed by atoms with Gasteiger partial charge < -0.3 is 14.9 Å². The fourth-order valence-corrected chi connectivity index (χ4v) is 1.71. The zero-order chi connectivity index (χ0) is 16.0. The second-order valence-electron chi connectivity index (χ2n) is 4.94. The third kappa shape index (κ3) is 5.86. The maximum absolute atomic E-state index is 13.1. The summed E-state index contributed by atoms with van der Waals surface area (Å²) in [6.45, 7) is 0.342. The number of amides is 1. The predicted octanol–water partition coefficient (Wildman–Crippen LogP) is 0.982. The topological polar surface area (TPSA) is 60.9 Å². The molecule has 0 bridgehead atoms. The van der Waals surface area contributed by atoms with Gasteiger partial charge in [0.05, 0.1) is 6.42 Å². The molecule has 1 aromatic carbocycles. The smallest absolute Gasteiger partial charge is 0.323 e. The van der Waals surface area contributed by atoms with Crippen LogP contribution in [0.2, 0.25) is 0 Å². The molecule has 0 radical (unpaired) electrons. The van der Waals surface area contributed by atoms with Crippen LogP contribution in [0.15, 0.2) is 18.2 Å². The molecular weight excluding hydrogens is 282 g/mol. The van der Waals surface area contributed by atoms with E-state index in [-0.39, 0.29) is 13.0 Å². The minimum atomic E-state index is -1.12. The highest BCUT2D eigenvalue weighted by Gasteiger charge is 2.17. The average molecular weight is 300 g/mol. The van der Waals surface area contributed by atoms with Crippen molar-refractivity contribution in [3.05, 3.63) is 35.4 Å². The van der Waals surface area contributed by atoms with Gasteiger partial charge >= 0.3 is 5.97 Å². The molecule has 1 rings (SSSR count). The maximum atomic E-state index is 13.1. The summed E-state index contributed by atoms with van der Waals surface area (Å²) < 4.78 is 25.9. The Kier molecular flexibility index (Phi) is 6.23. The van der Waals surface area contributed by atoms with Crippen LogP contribution in [0.1, 0.15) is 5.56 Å². The normalized spacial score (nSPS) is 10.7. The fraction of sp³-hybridized carbons (Fsp3) is 0.429. The Labute approximate surface area is 121 Å². The van der Waals surface area contributed by atoms with Gasteiger partial charge in [-0.2, -0.15) is 0 Å². The molecule has 1 amide bonds. The first kappa shape index (κ1) is 17.0. The van der Waals surface area contributed by atoms with Gasteiger partial charge in [-0.25, -0.2) is 8.78 Å². The largest absolute Gasteiger partial charge is 0.480 e. The number of carboxylic acid groups (broad SMARTS) is 1. The minimum Gasteiger partial charge on any atom is -0.480 e. The van der Waals surface area contributed by atoms with Crippen LogP contribution in [0.25, 0.3) is 0 Å². The van der Waals surface area contributed by atoms with Gasteiger partial charge in [-0.05, 0) is 31.8 Å². The summed E-state index contributed by atoms with van der Waals surface area (Å²) in [5.41, 5.74) is 0.305. The SMILES string of the molecule is CN(C)CCN(CC(=O)O)C(=O)Cc1ccc(F)c(F)c1. The number of carbonyl (C=O) groups is 2. The molecule has 0 spiro atoms. The quantitative estimate of drug-likeness (QED) is 0.815. The van der Waals surface area contributed by atoms with E-state index in [1.165, 1.54) is 11.0 Å². The molecule has 1 aromatic rings. The van der Waals surface area contributed by atoms with Crippen molar-refractivity contribution in [1.82, 2.24) is 9.80 Å². The van der Waals surface area contributed by atoms with Crippen LogP contribution in [0.3, 0.4) is 0 Å². The molecule has 0 unspecified atom stereocenters. The number of carbonyl (C=O) groups excluding carboxylic acids is 1. The van der Waals surface area contributed by atoms with Gasteiger partial charge in [-0.1, -0.05) is 6.07 Å². The van der Waals surface area contributed by atoms with E-state index in [1.807, 2.05) is 4.90 Å². The van der Waals surface area contributed by atoms with Gasteiger partial charge in [-0.3, -0.25) is 9.59 Å². The number of hydrogen-bond acceptors (Lipinski definition) is 3. The fourth-order valence-electron chi connectivity index (χ4n) is 1.71. The van der Waals surface area contributed by atoms with Crippen molar-refractivity contribution in [2.24, 2.45) is 0 Å². The van der Waals surface area contributed by atoms with Gasteiger partial charge in [0.15, 0.2) is 11.6 Å². The van der Waals surface area contributed by atoms with E-state index in [9.17, 15) is 18.4 Å². The number of nitrogens with zero attached hydrogens (tertiary/aromatic N) is 2. The lowest BCUT2D eigenvalue weighted by Gasteiger charge is -2.22. The van der Waals surface area contributed by atoms with Crippen molar-refractivity contribution in [3.8, 4) is 0 Å². The van der Waals surface area contributed by atoms with Gasteiger partial charge in [0.1, 0.15) is 6.54 Å². The Morgan fingerprint density at radius 3 is 2.33 bits per heavy atom. The summed E-state index contributed by atoms with van der Waals surface area (Å²) in [6.07, 6.45) is -0.169. The molecule has 0 aliphatic rings. The van der Waals surface area contributed by atoms with Crippen LogP contribution in [0.5, 0.6) is 0 Å². The monoisotopic (exact) mass is 300 g/mol. The number of hydrogen-bond donors (Lipinski definition) is 1. The van der Waals surface area contributed by atoms with Crippen molar-refractivity contribution >= 4 is 11.9 Å². The van der Waals surface area contributed by atoms with Gasteiger partial charge in [0, 0.05) is 13.1 Å². The standard InChI is InChI=1S/C14H18F2N2O3/c1-17(2)5-6-18(9-14(20)21)13(19)8-10-3-4-11(15)12(16)7-10/h3-4,7H,5-6,8-9H2,1-2H3,(H,20,21). The molecule has 0 atom stereocenters. The predicted molar refractivity (Wildman–Crippen MR) is 72.8 cm³/mol. The molecular formula is C14H18F2N2O3. The first-order valence-corrected chi connectivity index (χ1v) is 6.38. The zero-order valence-electron chi connectivity index (χ0n) is 12.0. The number of halogens is 2. The number of benzene rings is 1. The van der Waals surface area contributed by atoms with Crippen LogP contribution < -0.4 is 0 Å². The summed E-state index contributed by atoms with van der Waals surface area (Å²) in [5.74, 6) is -3.57. The molecule has 0 aliphatic heterocycles. The first-order valence-electron chi connectivity index (χ1n) is 6.38. The molecule has 21 heavy (non-hydrogen) atoms. The van der Waals surface area contributed by atoms with Gasteiger partial charge in [0.2, 0.25) is 5.91 Å². The van der Waals surface area contributed by atoms with Crippen LogP contribution in [-0.2, 0) is 16.0 Å². The van der Waals surface area contributed by atoms with E-state index in [4.69, 9.17) is 5.11 Å². The molecule has 1 N–H and O–H groups in total. The molecule has 0 saturated heterocycles. The maximum Gasteiger partial charge on any atom is 0.323 e. The minimum absolute atomic E-state index is 0.169. The van der Waals surface area contributed by atoms with E-state index < -0.39 is 30.1 Å². The second kappa shape index (κ2) is 7.68. The lowest BCUT2D eigenvalue weighted by molar-refractivity contribution is -0.144. The number of likely N-dealkylation sites (N-methyl/N-ethyl adjacent to an activating group) is 1. The van der Waals surface area contributed by atoms with Crippen LogP contribution >= 0.6 is 0 Å². The highest BCUT2D eigenvalue weighted by Crippen LogP contribution is 2.10. The number of rotatable bonds is 7. The number of carboxylic acids is 1. The highest BCUT2D eigenvalue weighted by atomic mass is 19.2. The molecule has 0 aliphatic carbocycles. The summed E-state index contributed by atoms with van der Waals surface area (Å²) in [6, 6.07) is 3.19. The lowest BCUT2D eigenvalue weighted by atomic mass is 10.1. The molecule has 7 heteroatoms. The number of aliphatic carboxylic acids is 1. The first-order chi connectivity index (χ1) is 9.79. The van der Waals surface area contributed by atoms with Crippen molar-refractivity contribution in [3.63, 3.8) is 0 Å². The van der Waals surface area contributed by atoms with E-state index in [0.29, 0.717) is 12.1 Å². The van der Waals surface area contributed by atoms with E-state index in [2.05, 4.69) is 0 Å². The van der Waals surface area contributed by atoms with Gasteiger partial charge in [0.25, 0.3) is 0 Å². The van der Waals surface area contributed by atoms with E-state index in [1.54, 1.807) is 14.1 Å². The lowest BCUT2D eigenvalue weighted by Crippen LogP contribution is -2.40. The Bertz CT molecular complexity index is 521. The molecule has 5 nitrogen and oxygen atoms in total. The Hall–Kier alpha value is -2.02. The van der Waals surface area contributed by atoms with Crippen LogP contribution in [0.4, 0.5) is 8.78 Å². The summed E-state index contributed by atoms with van der Waals surface area (Å²) >= 11 is 0.